The summed E-state index contributed by atoms with van der Waals surface area (Å²) in [6.07, 6.45) is 5.38. The van der Waals surface area contributed by atoms with Crippen LogP contribution in [0.3, 0.4) is 0 Å². The van der Waals surface area contributed by atoms with Gasteiger partial charge in [0.15, 0.2) is 0 Å². The van der Waals surface area contributed by atoms with Crippen molar-refractivity contribution in [2.24, 2.45) is 0 Å². The van der Waals surface area contributed by atoms with Crippen molar-refractivity contribution in [3.05, 3.63) is 18.0 Å². The van der Waals surface area contributed by atoms with Crippen molar-refractivity contribution in [1.29, 1.82) is 0 Å². The third kappa shape index (κ3) is 1.16. The van der Waals surface area contributed by atoms with Gasteiger partial charge in [0.05, 0.1) is 17.9 Å². The van der Waals surface area contributed by atoms with E-state index in [1.165, 1.54) is 19.4 Å². The largest absolute Gasteiger partial charge is 0.298 e. The van der Waals surface area contributed by atoms with Crippen molar-refractivity contribution in [2.45, 2.75) is 18.9 Å². The lowest BCUT2D eigenvalue weighted by Gasteiger charge is -2.16. The Labute approximate surface area is 66.4 Å². The average molecular weight is 150 g/mol. The Kier molecular flexibility index (Phi) is 1.66. The summed E-state index contributed by atoms with van der Waals surface area (Å²) in [5.41, 5.74) is 1.13. The molecular formula is C8H12N3. The Morgan fingerprint density at radius 2 is 2.73 bits per heavy atom. The fourth-order valence-corrected chi connectivity index (χ4v) is 1.69. The molecule has 59 valence electrons. The van der Waals surface area contributed by atoms with Gasteiger partial charge in [-0.2, -0.15) is 5.10 Å². The van der Waals surface area contributed by atoms with E-state index in [0.717, 1.165) is 5.69 Å². The van der Waals surface area contributed by atoms with E-state index in [9.17, 15) is 0 Å². The van der Waals surface area contributed by atoms with Crippen LogP contribution in [-0.2, 0) is 0 Å². The molecule has 11 heavy (non-hydrogen) atoms. The highest BCUT2D eigenvalue weighted by atomic mass is 15.2. The van der Waals surface area contributed by atoms with E-state index in [1.54, 1.807) is 0 Å². The van der Waals surface area contributed by atoms with Crippen molar-refractivity contribution in [3.63, 3.8) is 0 Å². The lowest BCUT2D eigenvalue weighted by Crippen LogP contribution is -2.17. The molecule has 0 spiro atoms. The van der Waals surface area contributed by atoms with Crippen LogP contribution in [-0.4, -0.2) is 28.7 Å². The number of nitrogens with zero attached hydrogens (tertiary/aromatic N) is 2. The summed E-state index contributed by atoms with van der Waals surface area (Å²) in [6, 6.07) is 2.46. The Morgan fingerprint density at radius 3 is 3.27 bits per heavy atom. The first-order valence-corrected chi connectivity index (χ1v) is 3.99. The standard InChI is InChI=1S/C8H12N3/c1-11-6-2-3-8(11)7-4-5-9-10-7/h4,8H,2-3,6H2,1H3,(H,9,10). The average Bonchev–Trinajstić information content (AvgIpc) is 2.55. The molecule has 1 saturated heterocycles. The zero-order chi connectivity index (χ0) is 7.68. The quantitative estimate of drug-likeness (QED) is 0.647. The van der Waals surface area contributed by atoms with Gasteiger partial charge in [-0.25, -0.2) is 0 Å². The molecule has 0 amide bonds. The van der Waals surface area contributed by atoms with Crippen LogP contribution in [0.4, 0.5) is 0 Å². The molecular weight excluding hydrogens is 138 g/mol. The highest BCUT2D eigenvalue weighted by Crippen LogP contribution is 2.28. The summed E-state index contributed by atoms with van der Waals surface area (Å²) >= 11 is 0. The van der Waals surface area contributed by atoms with E-state index < -0.39 is 0 Å². The molecule has 0 aromatic carbocycles. The number of rotatable bonds is 1. The van der Waals surface area contributed by atoms with Crippen molar-refractivity contribution < 1.29 is 0 Å². The molecule has 0 saturated carbocycles. The monoisotopic (exact) mass is 150 g/mol. The molecule has 2 rings (SSSR count). The van der Waals surface area contributed by atoms with E-state index in [1.807, 2.05) is 6.07 Å². The van der Waals surface area contributed by atoms with Gasteiger partial charge in [-0.1, -0.05) is 0 Å². The van der Waals surface area contributed by atoms with Gasteiger partial charge in [-0.15, -0.1) is 0 Å². The molecule has 1 N–H and O–H groups in total. The van der Waals surface area contributed by atoms with E-state index in [4.69, 9.17) is 0 Å². The topological polar surface area (TPSA) is 31.9 Å². The molecule has 2 heterocycles. The molecule has 1 aliphatic heterocycles. The molecule has 1 radical (unpaired) electrons. The Bertz CT molecular complexity index is 217. The maximum atomic E-state index is 4.13. The SMILES string of the molecule is CN1CCCC1c1c[c][nH]n1. The lowest BCUT2D eigenvalue weighted by molar-refractivity contribution is 0.311. The van der Waals surface area contributed by atoms with Crippen LogP contribution in [0.25, 0.3) is 0 Å². The molecule has 1 atom stereocenters. The number of hydrogen-bond acceptors (Lipinski definition) is 2. The van der Waals surface area contributed by atoms with Gasteiger partial charge in [0, 0.05) is 0 Å². The van der Waals surface area contributed by atoms with Gasteiger partial charge in [-0.3, -0.25) is 10.00 Å². The van der Waals surface area contributed by atoms with Crippen LogP contribution < -0.4 is 0 Å². The third-order valence-electron chi connectivity index (χ3n) is 2.33. The van der Waals surface area contributed by atoms with Crippen molar-refractivity contribution in [3.8, 4) is 0 Å². The predicted molar refractivity (Wildman–Crippen MR) is 42.0 cm³/mol. The van der Waals surface area contributed by atoms with Crippen LogP contribution in [0.5, 0.6) is 0 Å². The summed E-state index contributed by atoms with van der Waals surface area (Å²) in [7, 11) is 2.15. The first kappa shape index (κ1) is 6.85. The molecule has 1 unspecified atom stereocenters. The molecule has 0 bridgehead atoms. The number of likely N-dealkylation sites (tertiary alicyclic amines) is 1. The van der Waals surface area contributed by atoms with E-state index in [2.05, 4.69) is 28.3 Å². The zero-order valence-electron chi connectivity index (χ0n) is 6.67. The molecule has 1 aliphatic rings. The normalized spacial score (nSPS) is 26.1. The molecule has 0 aliphatic carbocycles. The number of nitrogens with one attached hydrogen (secondary N) is 1. The smallest absolute Gasteiger partial charge is 0.0832 e. The zero-order valence-corrected chi connectivity index (χ0v) is 6.67. The van der Waals surface area contributed by atoms with E-state index in [0.29, 0.717) is 6.04 Å². The van der Waals surface area contributed by atoms with Gasteiger partial charge >= 0.3 is 0 Å². The van der Waals surface area contributed by atoms with Gasteiger partial charge in [0.2, 0.25) is 0 Å². The number of aromatic nitrogens is 2. The summed E-state index contributed by atoms with van der Waals surface area (Å²) in [5, 5.41) is 6.85. The molecule has 3 nitrogen and oxygen atoms in total. The number of hydrogen-bond donors (Lipinski definition) is 1. The second-order valence-corrected chi connectivity index (χ2v) is 3.08. The third-order valence-corrected chi connectivity index (χ3v) is 2.33. The summed E-state index contributed by atoms with van der Waals surface area (Å²) < 4.78 is 0. The second-order valence-electron chi connectivity index (χ2n) is 3.08. The number of H-pyrrole nitrogens is 1. The fourth-order valence-electron chi connectivity index (χ4n) is 1.69. The molecule has 1 aromatic rings. The number of aromatic amines is 1. The molecule has 3 heteroatoms. The lowest BCUT2D eigenvalue weighted by atomic mass is 10.1. The molecule has 1 fully saturated rings. The maximum Gasteiger partial charge on any atom is 0.0832 e. The maximum absolute atomic E-state index is 4.13. The van der Waals surface area contributed by atoms with Crippen molar-refractivity contribution >= 4 is 0 Å². The van der Waals surface area contributed by atoms with E-state index >= 15 is 0 Å². The summed E-state index contributed by atoms with van der Waals surface area (Å²) in [5.74, 6) is 0. The minimum Gasteiger partial charge on any atom is -0.298 e. The van der Waals surface area contributed by atoms with Crippen LogP contribution in [0, 0.1) is 6.20 Å². The molecule has 1 aromatic heterocycles. The second kappa shape index (κ2) is 2.66. The predicted octanol–water partition coefficient (Wildman–Crippen LogP) is 0.977. The fraction of sp³-hybridized carbons (Fsp3) is 0.625. The first-order valence-electron chi connectivity index (χ1n) is 3.99. The van der Waals surface area contributed by atoms with Crippen LogP contribution in [0.2, 0.25) is 0 Å². The van der Waals surface area contributed by atoms with Crippen molar-refractivity contribution in [1.82, 2.24) is 15.1 Å². The van der Waals surface area contributed by atoms with E-state index in [-0.39, 0.29) is 0 Å². The highest BCUT2D eigenvalue weighted by molar-refractivity contribution is 5.05. The summed E-state index contributed by atoms with van der Waals surface area (Å²) in [6.45, 7) is 1.19. The first-order chi connectivity index (χ1) is 5.38. The highest BCUT2D eigenvalue weighted by Gasteiger charge is 2.23. The van der Waals surface area contributed by atoms with Crippen LogP contribution >= 0.6 is 0 Å². The van der Waals surface area contributed by atoms with Crippen molar-refractivity contribution in [2.75, 3.05) is 13.6 Å². The van der Waals surface area contributed by atoms with Crippen LogP contribution in [0.15, 0.2) is 6.07 Å². The minimum atomic E-state index is 0.525. The Morgan fingerprint density at radius 1 is 1.82 bits per heavy atom. The van der Waals surface area contributed by atoms with Crippen LogP contribution in [0.1, 0.15) is 24.6 Å². The van der Waals surface area contributed by atoms with Gasteiger partial charge in [0.1, 0.15) is 0 Å². The Balaban J connectivity index is 2.16. The van der Waals surface area contributed by atoms with Gasteiger partial charge < -0.3 is 0 Å². The Hall–Kier alpha value is -0.830. The minimum absolute atomic E-state index is 0.525. The summed E-state index contributed by atoms with van der Waals surface area (Å²) in [4.78, 5) is 2.34. The van der Waals surface area contributed by atoms with Gasteiger partial charge in [-0.05, 0) is 32.5 Å². The van der Waals surface area contributed by atoms with Gasteiger partial charge in [0.25, 0.3) is 0 Å².